The number of anilines is 2. The van der Waals surface area contributed by atoms with Crippen LogP contribution in [0.25, 0.3) is 0 Å². The number of carbonyl (C=O) groups excluding carboxylic acids is 1. The molecule has 2 heterocycles. The maximum Gasteiger partial charge on any atom is 0.243 e. The van der Waals surface area contributed by atoms with Gasteiger partial charge in [-0.1, -0.05) is 6.42 Å². The second-order valence-corrected chi connectivity index (χ2v) is 10.9. The molecule has 2 fully saturated rings. The number of piperidine rings is 1. The molecule has 0 aliphatic carbocycles. The number of nitrogens with one attached hydrogen (secondary N) is 1. The van der Waals surface area contributed by atoms with E-state index in [1.165, 1.54) is 22.5 Å². The first-order valence-electron chi connectivity index (χ1n) is 11.9. The van der Waals surface area contributed by atoms with Crippen LogP contribution >= 0.6 is 0 Å². The number of rotatable bonds is 6. The van der Waals surface area contributed by atoms with Crippen LogP contribution in [0.4, 0.5) is 15.8 Å². The summed E-state index contributed by atoms with van der Waals surface area (Å²) in [7, 11) is -3.51. The molecule has 1 amide bonds. The van der Waals surface area contributed by atoms with Crippen molar-refractivity contribution < 1.29 is 17.6 Å². The van der Waals surface area contributed by atoms with Crippen LogP contribution in [0, 0.1) is 17.1 Å². The van der Waals surface area contributed by atoms with Crippen molar-refractivity contribution in [1.82, 2.24) is 9.21 Å². The van der Waals surface area contributed by atoms with Gasteiger partial charge >= 0.3 is 0 Å². The van der Waals surface area contributed by atoms with E-state index in [0.717, 1.165) is 19.3 Å². The minimum absolute atomic E-state index is 0.186. The molecule has 8 nitrogen and oxygen atoms in total. The van der Waals surface area contributed by atoms with E-state index in [9.17, 15) is 17.6 Å². The molecular formula is C25H30FN5O3S. The Bertz CT molecular complexity index is 1200. The summed E-state index contributed by atoms with van der Waals surface area (Å²) in [5, 5.41) is 11.8. The lowest BCUT2D eigenvalue weighted by molar-refractivity contribution is -0.120. The quantitative estimate of drug-likeness (QED) is 0.656. The minimum atomic E-state index is -3.51. The number of sulfonamides is 1. The number of halogens is 1. The summed E-state index contributed by atoms with van der Waals surface area (Å²) in [6.45, 7) is 5.20. The summed E-state index contributed by atoms with van der Waals surface area (Å²) in [5.41, 5.74) is 1.28. The lowest BCUT2D eigenvalue weighted by Crippen LogP contribution is -2.53. The summed E-state index contributed by atoms with van der Waals surface area (Å²) in [5.74, 6) is -0.608. The van der Waals surface area contributed by atoms with Gasteiger partial charge in [-0.3, -0.25) is 9.69 Å². The monoisotopic (exact) mass is 499 g/mol. The fraction of sp³-hybridized carbons (Fsp3) is 0.440. The fourth-order valence-electron chi connectivity index (χ4n) is 4.56. The molecule has 0 bridgehead atoms. The van der Waals surface area contributed by atoms with E-state index in [4.69, 9.17) is 5.26 Å². The van der Waals surface area contributed by atoms with Crippen molar-refractivity contribution in [3.8, 4) is 6.07 Å². The summed E-state index contributed by atoms with van der Waals surface area (Å²) in [6.07, 6.45) is 2.81. The van der Waals surface area contributed by atoms with Gasteiger partial charge in [0, 0.05) is 45.0 Å². The van der Waals surface area contributed by atoms with Crippen LogP contribution in [-0.4, -0.2) is 68.8 Å². The topological polar surface area (TPSA) is 96.8 Å². The Labute approximate surface area is 206 Å². The van der Waals surface area contributed by atoms with Gasteiger partial charge in [0.05, 0.1) is 28.3 Å². The van der Waals surface area contributed by atoms with Crippen LogP contribution in [0.3, 0.4) is 0 Å². The third-order valence-electron chi connectivity index (χ3n) is 6.73. The molecule has 2 aromatic carbocycles. The number of hydrogen-bond acceptors (Lipinski definition) is 6. The number of hydrogen-bond donors (Lipinski definition) is 1. The van der Waals surface area contributed by atoms with Gasteiger partial charge in [0.25, 0.3) is 0 Å². The average molecular weight is 500 g/mol. The number of benzene rings is 2. The zero-order valence-corrected chi connectivity index (χ0v) is 20.6. The summed E-state index contributed by atoms with van der Waals surface area (Å²) in [4.78, 5) is 17.0. The van der Waals surface area contributed by atoms with Crippen molar-refractivity contribution in [2.24, 2.45) is 0 Å². The van der Waals surface area contributed by atoms with E-state index in [-0.39, 0.29) is 16.4 Å². The number of amides is 1. The number of piperazine rings is 1. The highest BCUT2D eigenvalue weighted by Crippen LogP contribution is 2.24. The van der Waals surface area contributed by atoms with Crippen LogP contribution in [0.15, 0.2) is 47.4 Å². The van der Waals surface area contributed by atoms with E-state index in [0.29, 0.717) is 50.6 Å². The Morgan fingerprint density at radius 2 is 1.66 bits per heavy atom. The van der Waals surface area contributed by atoms with Gasteiger partial charge in [0.15, 0.2) is 0 Å². The number of carbonyl (C=O) groups is 1. The van der Waals surface area contributed by atoms with Crippen LogP contribution in [-0.2, 0) is 14.8 Å². The van der Waals surface area contributed by atoms with Crippen molar-refractivity contribution in [2.75, 3.05) is 49.5 Å². The molecule has 1 atom stereocenters. The van der Waals surface area contributed by atoms with E-state index in [2.05, 4.69) is 5.32 Å². The second kappa shape index (κ2) is 10.7. The smallest absolute Gasteiger partial charge is 0.243 e. The summed E-state index contributed by atoms with van der Waals surface area (Å²) in [6, 6.07) is 12.3. The first kappa shape index (κ1) is 25.1. The highest BCUT2D eigenvalue weighted by Gasteiger charge is 2.28. The van der Waals surface area contributed by atoms with E-state index >= 15 is 0 Å². The Morgan fingerprint density at radius 3 is 2.26 bits per heavy atom. The number of nitrogens with zero attached hydrogens (tertiary/aromatic N) is 4. The van der Waals surface area contributed by atoms with Gasteiger partial charge in [-0.05, 0) is 62.2 Å². The van der Waals surface area contributed by atoms with Crippen LogP contribution < -0.4 is 10.2 Å². The Morgan fingerprint density at radius 1 is 1.00 bits per heavy atom. The minimum Gasteiger partial charge on any atom is -0.367 e. The average Bonchev–Trinajstić information content (AvgIpc) is 2.89. The third kappa shape index (κ3) is 5.64. The van der Waals surface area contributed by atoms with Gasteiger partial charge in [-0.2, -0.15) is 9.57 Å². The third-order valence-corrected chi connectivity index (χ3v) is 8.65. The molecule has 2 aromatic rings. The van der Waals surface area contributed by atoms with Crippen molar-refractivity contribution in [2.45, 2.75) is 37.1 Å². The molecule has 2 saturated heterocycles. The molecule has 35 heavy (non-hydrogen) atoms. The molecular weight excluding hydrogens is 469 g/mol. The summed E-state index contributed by atoms with van der Waals surface area (Å²) >= 11 is 0. The van der Waals surface area contributed by atoms with Gasteiger partial charge in [0.1, 0.15) is 5.82 Å². The normalized spacial score (nSPS) is 18.6. The highest BCUT2D eigenvalue weighted by molar-refractivity contribution is 7.89. The van der Waals surface area contributed by atoms with Crippen LogP contribution in [0.5, 0.6) is 0 Å². The lowest BCUT2D eigenvalue weighted by atomic mass is 10.1. The van der Waals surface area contributed by atoms with Gasteiger partial charge < -0.3 is 10.2 Å². The summed E-state index contributed by atoms with van der Waals surface area (Å²) < 4.78 is 41.5. The maximum atomic E-state index is 14.3. The van der Waals surface area contributed by atoms with E-state index < -0.39 is 21.9 Å². The zero-order valence-electron chi connectivity index (χ0n) is 19.8. The van der Waals surface area contributed by atoms with Crippen LogP contribution in [0.2, 0.25) is 0 Å². The van der Waals surface area contributed by atoms with E-state index in [1.807, 2.05) is 22.8 Å². The van der Waals surface area contributed by atoms with Gasteiger partial charge in [0.2, 0.25) is 15.9 Å². The van der Waals surface area contributed by atoms with Crippen LogP contribution in [0.1, 0.15) is 31.7 Å². The molecule has 1 N–H and O–H groups in total. The standard InChI is InChI=1S/C25H30FN5O3S/c1-19(29-13-15-30(16-14-29)24-10-5-20(18-27)17-23(24)26)25(32)28-21-6-8-22(9-7-21)35(33,34)31-11-3-2-4-12-31/h5-10,17,19H,2-4,11-16H2,1H3,(H,28,32). The molecule has 0 spiro atoms. The Balaban J connectivity index is 1.32. The highest BCUT2D eigenvalue weighted by atomic mass is 32.2. The molecule has 10 heteroatoms. The number of nitriles is 1. The van der Waals surface area contributed by atoms with E-state index in [1.54, 1.807) is 24.3 Å². The zero-order chi connectivity index (χ0) is 25.0. The fourth-order valence-corrected chi connectivity index (χ4v) is 6.08. The predicted molar refractivity (Wildman–Crippen MR) is 132 cm³/mol. The van der Waals surface area contributed by atoms with Gasteiger partial charge in [-0.25, -0.2) is 12.8 Å². The van der Waals surface area contributed by atoms with Gasteiger partial charge in [-0.15, -0.1) is 0 Å². The van der Waals surface area contributed by atoms with Crippen molar-refractivity contribution in [1.29, 1.82) is 5.26 Å². The molecule has 1 unspecified atom stereocenters. The Kier molecular flexibility index (Phi) is 7.69. The largest absolute Gasteiger partial charge is 0.367 e. The molecule has 2 aliphatic heterocycles. The van der Waals surface area contributed by atoms with Crippen molar-refractivity contribution in [3.05, 3.63) is 53.8 Å². The molecule has 0 radical (unpaired) electrons. The van der Waals surface area contributed by atoms with Crippen molar-refractivity contribution >= 4 is 27.3 Å². The maximum absolute atomic E-state index is 14.3. The first-order chi connectivity index (χ1) is 16.8. The molecule has 186 valence electrons. The molecule has 0 saturated carbocycles. The van der Waals surface area contributed by atoms with Crippen molar-refractivity contribution in [3.63, 3.8) is 0 Å². The molecule has 4 rings (SSSR count). The Hall–Kier alpha value is -3.00. The SMILES string of the molecule is CC(C(=O)Nc1ccc(S(=O)(=O)N2CCCCC2)cc1)N1CCN(c2ccc(C#N)cc2F)CC1. The predicted octanol–water partition coefficient (Wildman–Crippen LogP) is 3.02. The second-order valence-electron chi connectivity index (χ2n) is 8.96. The lowest BCUT2D eigenvalue weighted by Gasteiger charge is -2.38. The first-order valence-corrected chi connectivity index (χ1v) is 13.3. The molecule has 2 aliphatic rings. The molecule has 0 aromatic heterocycles.